The molecule has 12 heteroatoms. The van der Waals surface area contributed by atoms with Crippen LogP contribution in [0, 0.1) is 0 Å². The number of carbonyl (C=O) groups excluding carboxylic acids is 3. The lowest BCUT2D eigenvalue weighted by Gasteiger charge is -2.15. The molecule has 2 aromatic carbocycles. The standard InChI is InChI=1S/C25H27Cl2N5O4S/c1-4-11-36-24(35)16-7-6-8-18(12-16)29-21(33)14-37-25-31-30-22(32(25)5-2)15(3)28-23(34)19-10-9-17(26)13-20(19)27/h6-10,12-13,15H,4-5,11,14H2,1-3H3,(H,28,34)(H,29,33)/t15-/m1/s1. The fraction of sp³-hybridized carbons (Fsp3) is 0.320. The molecule has 0 fully saturated rings. The van der Waals surface area contributed by atoms with Crippen LogP contribution in [-0.4, -0.2) is 44.9 Å². The van der Waals surface area contributed by atoms with Crippen molar-refractivity contribution in [3.8, 4) is 0 Å². The summed E-state index contributed by atoms with van der Waals surface area (Å²) in [6.45, 7) is 6.50. The lowest BCUT2D eigenvalue weighted by atomic mass is 10.2. The quantitative estimate of drug-likeness (QED) is 0.237. The van der Waals surface area contributed by atoms with Gasteiger partial charge in [-0.05, 0) is 56.7 Å². The van der Waals surface area contributed by atoms with Gasteiger partial charge in [0.25, 0.3) is 5.91 Å². The first-order valence-corrected chi connectivity index (χ1v) is 13.4. The predicted octanol–water partition coefficient (Wildman–Crippen LogP) is 5.39. The number of anilines is 1. The van der Waals surface area contributed by atoms with Gasteiger partial charge in [-0.1, -0.05) is 48.0 Å². The van der Waals surface area contributed by atoms with E-state index in [-0.39, 0.29) is 22.6 Å². The first kappa shape index (κ1) is 28.5. The van der Waals surface area contributed by atoms with Gasteiger partial charge < -0.3 is 19.9 Å². The van der Waals surface area contributed by atoms with Crippen LogP contribution in [0.3, 0.4) is 0 Å². The van der Waals surface area contributed by atoms with E-state index in [2.05, 4.69) is 20.8 Å². The summed E-state index contributed by atoms with van der Waals surface area (Å²) in [5.41, 5.74) is 1.16. The zero-order valence-electron chi connectivity index (χ0n) is 20.6. The molecular weight excluding hydrogens is 537 g/mol. The number of nitrogens with zero attached hydrogens (tertiary/aromatic N) is 3. The van der Waals surface area contributed by atoms with E-state index in [9.17, 15) is 14.4 Å². The fourth-order valence-electron chi connectivity index (χ4n) is 3.37. The van der Waals surface area contributed by atoms with Gasteiger partial charge in [0, 0.05) is 17.3 Å². The molecule has 0 aliphatic heterocycles. The number of carbonyl (C=O) groups is 3. The molecule has 2 N–H and O–H groups in total. The number of benzene rings is 2. The molecular formula is C25H27Cl2N5O4S. The van der Waals surface area contributed by atoms with Gasteiger partial charge in [-0.15, -0.1) is 10.2 Å². The summed E-state index contributed by atoms with van der Waals surface area (Å²) in [4.78, 5) is 37.3. The molecule has 0 aliphatic carbocycles. The van der Waals surface area contributed by atoms with Crippen LogP contribution in [0.15, 0.2) is 47.6 Å². The zero-order valence-corrected chi connectivity index (χ0v) is 22.9. The Morgan fingerprint density at radius 3 is 2.59 bits per heavy atom. The van der Waals surface area contributed by atoms with Crippen molar-refractivity contribution < 1.29 is 19.1 Å². The van der Waals surface area contributed by atoms with Gasteiger partial charge in [0.05, 0.1) is 34.6 Å². The maximum absolute atomic E-state index is 12.7. The van der Waals surface area contributed by atoms with Gasteiger partial charge >= 0.3 is 5.97 Å². The number of halogens is 2. The third-order valence-electron chi connectivity index (χ3n) is 5.12. The largest absolute Gasteiger partial charge is 0.462 e. The Bertz CT molecular complexity index is 1280. The summed E-state index contributed by atoms with van der Waals surface area (Å²) in [5, 5.41) is 15.3. The van der Waals surface area contributed by atoms with Crippen LogP contribution < -0.4 is 10.6 Å². The second kappa shape index (κ2) is 13.5. The number of esters is 1. The highest BCUT2D eigenvalue weighted by atomic mass is 35.5. The van der Waals surface area contributed by atoms with Crippen LogP contribution in [0.2, 0.25) is 10.0 Å². The van der Waals surface area contributed by atoms with Crippen LogP contribution in [0.5, 0.6) is 0 Å². The number of amides is 2. The summed E-state index contributed by atoms with van der Waals surface area (Å²) in [7, 11) is 0. The van der Waals surface area contributed by atoms with Crippen molar-refractivity contribution >= 4 is 58.4 Å². The van der Waals surface area contributed by atoms with Crippen LogP contribution in [0.25, 0.3) is 0 Å². The predicted molar refractivity (Wildman–Crippen MR) is 144 cm³/mol. The van der Waals surface area contributed by atoms with Crippen LogP contribution >= 0.6 is 35.0 Å². The second-order valence-electron chi connectivity index (χ2n) is 7.96. The minimum absolute atomic E-state index is 0.0732. The molecule has 1 atom stereocenters. The molecule has 1 aromatic heterocycles. The molecule has 0 saturated carbocycles. The number of nitrogens with one attached hydrogen (secondary N) is 2. The van der Waals surface area contributed by atoms with Crippen molar-refractivity contribution in [3.05, 3.63) is 69.5 Å². The van der Waals surface area contributed by atoms with Gasteiger partial charge in [0.2, 0.25) is 5.91 Å². The third-order valence-corrected chi connectivity index (χ3v) is 6.64. The van der Waals surface area contributed by atoms with E-state index in [0.717, 1.165) is 6.42 Å². The number of thioether (sulfide) groups is 1. The lowest BCUT2D eigenvalue weighted by molar-refractivity contribution is -0.113. The smallest absolute Gasteiger partial charge is 0.338 e. The fourth-order valence-corrected chi connectivity index (χ4v) is 4.67. The van der Waals surface area contributed by atoms with E-state index in [0.29, 0.717) is 46.0 Å². The summed E-state index contributed by atoms with van der Waals surface area (Å²) >= 11 is 13.3. The molecule has 37 heavy (non-hydrogen) atoms. The Balaban J connectivity index is 1.61. The number of rotatable bonds is 11. The molecule has 0 aliphatic rings. The van der Waals surface area contributed by atoms with E-state index in [1.54, 1.807) is 43.3 Å². The van der Waals surface area contributed by atoms with Crippen molar-refractivity contribution in [3.63, 3.8) is 0 Å². The Morgan fingerprint density at radius 2 is 1.89 bits per heavy atom. The van der Waals surface area contributed by atoms with Crippen molar-refractivity contribution in [1.82, 2.24) is 20.1 Å². The molecule has 2 amide bonds. The van der Waals surface area contributed by atoms with E-state index in [4.69, 9.17) is 27.9 Å². The minimum atomic E-state index is -0.468. The number of aromatic nitrogens is 3. The van der Waals surface area contributed by atoms with E-state index >= 15 is 0 Å². The van der Waals surface area contributed by atoms with E-state index < -0.39 is 12.0 Å². The monoisotopic (exact) mass is 563 g/mol. The Morgan fingerprint density at radius 1 is 1.11 bits per heavy atom. The number of ether oxygens (including phenoxy) is 1. The average molecular weight is 564 g/mol. The molecule has 196 valence electrons. The van der Waals surface area contributed by atoms with Crippen molar-refractivity contribution in [1.29, 1.82) is 0 Å². The lowest BCUT2D eigenvalue weighted by Crippen LogP contribution is -2.29. The molecule has 0 saturated heterocycles. The van der Waals surface area contributed by atoms with Gasteiger partial charge in [-0.2, -0.15) is 0 Å². The maximum Gasteiger partial charge on any atom is 0.338 e. The normalized spacial score (nSPS) is 11.6. The molecule has 1 heterocycles. The van der Waals surface area contributed by atoms with E-state index in [1.807, 2.05) is 18.4 Å². The van der Waals surface area contributed by atoms with E-state index in [1.165, 1.54) is 17.8 Å². The molecule has 3 rings (SSSR count). The number of hydrogen-bond donors (Lipinski definition) is 2. The zero-order chi connectivity index (χ0) is 26.9. The van der Waals surface area contributed by atoms with Crippen molar-refractivity contribution in [2.45, 2.75) is 44.9 Å². The average Bonchev–Trinajstić information content (AvgIpc) is 3.29. The highest BCUT2D eigenvalue weighted by Crippen LogP contribution is 2.24. The molecule has 0 radical (unpaired) electrons. The summed E-state index contributed by atoms with van der Waals surface area (Å²) < 4.78 is 6.97. The second-order valence-corrected chi connectivity index (χ2v) is 9.74. The third kappa shape index (κ3) is 7.70. The molecule has 0 bridgehead atoms. The summed E-state index contributed by atoms with van der Waals surface area (Å²) in [5.74, 6) is -0.453. The highest BCUT2D eigenvalue weighted by Gasteiger charge is 2.21. The SMILES string of the molecule is CCCOC(=O)c1cccc(NC(=O)CSc2nnc([C@@H](C)NC(=O)c3ccc(Cl)cc3Cl)n2CC)c1. The van der Waals surface area contributed by atoms with Crippen LogP contribution in [-0.2, 0) is 16.1 Å². The first-order chi connectivity index (χ1) is 17.7. The summed E-state index contributed by atoms with van der Waals surface area (Å²) in [6.07, 6.45) is 0.728. The van der Waals surface area contributed by atoms with Crippen LogP contribution in [0.4, 0.5) is 5.69 Å². The Hall–Kier alpha value is -3.08. The maximum atomic E-state index is 12.7. The molecule has 0 spiro atoms. The van der Waals surface area contributed by atoms with Crippen molar-refractivity contribution in [2.75, 3.05) is 17.7 Å². The topological polar surface area (TPSA) is 115 Å². The summed E-state index contributed by atoms with van der Waals surface area (Å²) in [6, 6.07) is 10.8. The van der Waals surface area contributed by atoms with Gasteiger partial charge in [-0.3, -0.25) is 9.59 Å². The highest BCUT2D eigenvalue weighted by molar-refractivity contribution is 7.99. The minimum Gasteiger partial charge on any atom is -0.462 e. The molecule has 3 aromatic rings. The van der Waals surface area contributed by atoms with Gasteiger partial charge in [-0.25, -0.2) is 4.79 Å². The molecule has 9 nitrogen and oxygen atoms in total. The number of hydrogen-bond acceptors (Lipinski definition) is 7. The first-order valence-electron chi connectivity index (χ1n) is 11.6. The van der Waals surface area contributed by atoms with Gasteiger partial charge in [0.15, 0.2) is 11.0 Å². The van der Waals surface area contributed by atoms with Crippen molar-refractivity contribution in [2.24, 2.45) is 0 Å². The van der Waals surface area contributed by atoms with Crippen LogP contribution in [0.1, 0.15) is 59.8 Å². The van der Waals surface area contributed by atoms with Gasteiger partial charge in [0.1, 0.15) is 0 Å². The molecule has 0 unspecified atom stereocenters. The Kier molecular flexibility index (Phi) is 10.4. The Labute approximate surface area is 229 Å².